The number of carbonyl (C=O) groups excluding carboxylic acids is 1. The summed E-state index contributed by atoms with van der Waals surface area (Å²) in [6, 6.07) is 18.8. The Labute approximate surface area is 174 Å². The van der Waals surface area contributed by atoms with Gasteiger partial charge < -0.3 is 5.32 Å². The Bertz CT molecular complexity index is 1160. The van der Waals surface area contributed by atoms with Crippen molar-refractivity contribution in [3.63, 3.8) is 0 Å². The highest BCUT2D eigenvalue weighted by Crippen LogP contribution is 2.25. The van der Waals surface area contributed by atoms with E-state index in [2.05, 4.69) is 38.1 Å². The Balaban J connectivity index is 1.69. The van der Waals surface area contributed by atoms with E-state index in [9.17, 15) is 4.79 Å². The summed E-state index contributed by atoms with van der Waals surface area (Å²) in [5, 5.41) is 12.4. The number of benzene rings is 3. The number of rotatable bonds is 3. The van der Waals surface area contributed by atoms with Gasteiger partial charge in [-0.3, -0.25) is 4.79 Å². The monoisotopic (exact) mass is 488 g/mol. The maximum absolute atomic E-state index is 12.7. The van der Waals surface area contributed by atoms with Gasteiger partial charge in [0.1, 0.15) is 11.0 Å². The van der Waals surface area contributed by atoms with Gasteiger partial charge in [0.15, 0.2) is 0 Å². The zero-order chi connectivity index (χ0) is 19.0. The van der Waals surface area contributed by atoms with Crippen molar-refractivity contribution in [2.45, 2.75) is 6.92 Å². The van der Waals surface area contributed by atoms with Crippen molar-refractivity contribution in [3.8, 4) is 5.69 Å². The number of para-hydroxylation sites is 1. The second-order valence-corrected chi connectivity index (χ2v) is 7.71. The highest BCUT2D eigenvalue weighted by Gasteiger charge is 2.14. The molecule has 4 rings (SSSR count). The van der Waals surface area contributed by atoms with Gasteiger partial charge >= 0.3 is 0 Å². The summed E-state index contributed by atoms with van der Waals surface area (Å²) < 4.78 is 0.945. The SMILES string of the molecule is Cc1cc2nn(-c3ccccc3)nc2cc1NC(=O)c1cc(I)ccc1Cl. The molecule has 0 aliphatic heterocycles. The molecular formula is C20H14ClIN4O. The molecule has 4 aromatic rings. The fraction of sp³-hybridized carbons (Fsp3) is 0.0500. The molecule has 0 fully saturated rings. The Kier molecular flexibility index (Phi) is 4.84. The fourth-order valence-corrected chi connectivity index (χ4v) is 3.44. The molecule has 0 unspecified atom stereocenters. The first-order valence-corrected chi connectivity index (χ1v) is 9.66. The average molecular weight is 489 g/mol. The predicted molar refractivity (Wildman–Crippen MR) is 116 cm³/mol. The van der Waals surface area contributed by atoms with Crippen molar-refractivity contribution in [3.05, 3.63) is 80.4 Å². The van der Waals surface area contributed by atoms with E-state index in [1.807, 2.05) is 55.5 Å². The van der Waals surface area contributed by atoms with Gasteiger partial charge in [-0.1, -0.05) is 29.8 Å². The van der Waals surface area contributed by atoms with Crippen molar-refractivity contribution in [1.82, 2.24) is 15.0 Å². The molecule has 0 saturated heterocycles. The van der Waals surface area contributed by atoms with Gasteiger partial charge in [0.25, 0.3) is 5.91 Å². The molecular weight excluding hydrogens is 475 g/mol. The molecule has 1 aromatic heterocycles. The van der Waals surface area contributed by atoms with Crippen LogP contribution in [0.4, 0.5) is 5.69 Å². The Morgan fingerprint density at radius 3 is 2.48 bits per heavy atom. The zero-order valence-corrected chi connectivity index (χ0v) is 17.2. The molecule has 0 atom stereocenters. The van der Waals surface area contributed by atoms with E-state index in [1.54, 1.807) is 16.9 Å². The van der Waals surface area contributed by atoms with Crippen molar-refractivity contribution >= 4 is 56.8 Å². The van der Waals surface area contributed by atoms with E-state index in [0.29, 0.717) is 21.8 Å². The Hall–Kier alpha value is -2.45. The van der Waals surface area contributed by atoms with Crippen molar-refractivity contribution in [1.29, 1.82) is 0 Å². The molecule has 0 spiro atoms. The number of aryl methyl sites for hydroxylation is 1. The third-order valence-corrected chi connectivity index (χ3v) is 5.14. The molecule has 0 aliphatic rings. The van der Waals surface area contributed by atoms with Gasteiger partial charge in [-0.2, -0.15) is 4.80 Å². The smallest absolute Gasteiger partial charge is 0.257 e. The first kappa shape index (κ1) is 17.9. The van der Waals surface area contributed by atoms with Crippen LogP contribution in [0, 0.1) is 10.5 Å². The van der Waals surface area contributed by atoms with Crippen LogP contribution in [0.5, 0.6) is 0 Å². The molecule has 27 heavy (non-hydrogen) atoms. The van der Waals surface area contributed by atoms with E-state index in [4.69, 9.17) is 11.6 Å². The van der Waals surface area contributed by atoms with E-state index < -0.39 is 0 Å². The van der Waals surface area contributed by atoms with Gasteiger partial charge in [-0.25, -0.2) is 0 Å². The molecule has 7 heteroatoms. The number of nitrogens with zero attached hydrogens (tertiary/aromatic N) is 3. The Morgan fingerprint density at radius 2 is 1.74 bits per heavy atom. The first-order chi connectivity index (χ1) is 13.0. The van der Waals surface area contributed by atoms with Crippen LogP contribution in [0.3, 0.4) is 0 Å². The number of hydrogen-bond donors (Lipinski definition) is 1. The number of fused-ring (bicyclic) bond motifs is 1. The number of carbonyl (C=O) groups is 1. The lowest BCUT2D eigenvalue weighted by atomic mass is 10.1. The largest absolute Gasteiger partial charge is 0.322 e. The molecule has 1 heterocycles. The van der Waals surface area contributed by atoms with Gasteiger partial charge in [-0.15, -0.1) is 10.2 Å². The molecule has 5 nitrogen and oxygen atoms in total. The second kappa shape index (κ2) is 7.28. The molecule has 0 saturated carbocycles. The van der Waals surface area contributed by atoms with Crippen molar-refractivity contribution < 1.29 is 4.79 Å². The highest BCUT2D eigenvalue weighted by molar-refractivity contribution is 14.1. The predicted octanol–water partition coefficient (Wildman–Crippen LogP) is 5.24. The van der Waals surface area contributed by atoms with Gasteiger partial charge in [0.2, 0.25) is 0 Å². The third-order valence-electron chi connectivity index (χ3n) is 4.13. The summed E-state index contributed by atoms with van der Waals surface area (Å²) in [4.78, 5) is 14.3. The van der Waals surface area contributed by atoms with Crippen LogP contribution < -0.4 is 5.32 Å². The first-order valence-electron chi connectivity index (χ1n) is 8.21. The molecule has 1 N–H and O–H groups in total. The number of halogens is 2. The average Bonchev–Trinajstić information content (AvgIpc) is 3.07. The highest BCUT2D eigenvalue weighted by atomic mass is 127. The minimum Gasteiger partial charge on any atom is -0.322 e. The maximum Gasteiger partial charge on any atom is 0.257 e. The van der Waals surface area contributed by atoms with Gasteiger partial charge in [0.05, 0.1) is 16.3 Å². The number of anilines is 1. The molecule has 0 bridgehead atoms. The van der Waals surface area contributed by atoms with E-state index in [1.165, 1.54) is 0 Å². The van der Waals surface area contributed by atoms with Crippen molar-refractivity contribution in [2.24, 2.45) is 0 Å². The zero-order valence-electron chi connectivity index (χ0n) is 14.3. The van der Waals surface area contributed by atoms with Crippen LogP contribution in [0.25, 0.3) is 16.7 Å². The quantitative estimate of drug-likeness (QED) is 0.401. The third kappa shape index (κ3) is 3.68. The summed E-state index contributed by atoms with van der Waals surface area (Å²) in [5.41, 5.74) is 4.37. The summed E-state index contributed by atoms with van der Waals surface area (Å²) in [7, 11) is 0. The summed E-state index contributed by atoms with van der Waals surface area (Å²) in [6.45, 7) is 1.92. The van der Waals surface area contributed by atoms with E-state index >= 15 is 0 Å². The number of hydrogen-bond acceptors (Lipinski definition) is 3. The van der Waals surface area contributed by atoms with Crippen LogP contribution in [-0.4, -0.2) is 20.9 Å². The molecule has 134 valence electrons. The van der Waals surface area contributed by atoms with E-state index in [-0.39, 0.29) is 5.91 Å². The summed E-state index contributed by atoms with van der Waals surface area (Å²) >= 11 is 8.33. The number of amides is 1. The molecule has 0 radical (unpaired) electrons. The summed E-state index contributed by atoms with van der Waals surface area (Å²) in [5.74, 6) is -0.253. The van der Waals surface area contributed by atoms with Gasteiger partial charge in [-0.05, 0) is 77.5 Å². The molecule has 3 aromatic carbocycles. The topological polar surface area (TPSA) is 59.8 Å². The Morgan fingerprint density at radius 1 is 1.04 bits per heavy atom. The maximum atomic E-state index is 12.7. The van der Waals surface area contributed by atoms with Crippen molar-refractivity contribution in [2.75, 3.05) is 5.32 Å². The number of aromatic nitrogens is 3. The van der Waals surface area contributed by atoms with Crippen LogP contribution in [0.15, 0.2) is 60.7 Å². The summed E-state index contributed by atoms with van der Waals surface area (Å²) in [6.07, 6.45) is 0. The normalized spacial score (nSPS) is 10.9. The van der Waals surface area contributed by atoms with E-state index in [0.717, 1.165) is 20.3 Å². The van der Waals surface area contributed by atoms with Gasteiger partial charge in [0, 0.05) is 9.26 Å². The lowest BCUT2D eigenvalue weighted by Gasteiger charge is -2.09. The minimum absolute atomic E-state index is 0.253. The number of nitrogens with one attached hydrogen (secondary N) is 1. The molecule has 0 aliphatic carbocycles. The lowest BCUT2D eigenvalue weighted by Crippen LogP contribution is -2.13. The van der Waals surface area contributed by atoms with Crippen LogP contribution in [0.2, 0.25) is 5.02 Å². The standard InChI is InChI=1S/C20H14ClIN4O/c1-12-9-18-19(25-26(24-18)14-5-3-2-4-6-14)11-17(12)23-20(27)15-10-13(22)7-8-16(15)21/h2-11H,1H3,(H,23,27). The van der Waals surface area contributed by atoms with Crippen LogP contribution in [-0.2, 0) is 0 Å². The van der Waals surface area contributed by atoms with Crippen LogP contribution in [0.1, 0.15) is 15.9 Å². The fourth-order valence-electron chi connectivity index (χ4n) is 2.74. The second-order valence-electron chi connectivity index (χ2n) is 6.06. The van der Waals surface area contributed by atoms with Crippen LogP contribution >= 0.6 is 34.2 Å². The lowest BCUT2D eigenvalue weighted by molar-refractivity contribution is 0.102. The minimum atomic E-state index is -0.253. The molecule has 1 amide bonds.